The van der Waals surface area contributed by atoms with Crippen LogP contribution in [-0.2, 0) is 9.59 Å². The quantitative estimate of drug-likeness (QED) is 0.601. The molecule has 1 rings (SSSR count). The third-order valence-corrected chi connectivity index (χ3v) is 4.60. The molecule has 0 radical (unpaired) electrons. The summed E-state index contributed by atoms with van der Waals surface area (Å²) in [5.41, 5.74) is -0.961. The standard InChI is InChI=1S/C17H31NO4/c1-3-10-17(22,11-4-2)12-15(19)18-14-9-7-5-6-8-13(14)16(20)21/h13-14,22H,3-12H2,1-2H3,(H,18,19)(H,20,21)/t13-,14+/m1/s1. The lowest BCUT2D eigenvalue weighted by molar-refractivity contribution is -0.143. The number of nitrogens with one attached hydrogen (secondary N) is 1. The molecule has 1 fully saturated rings. The van der Waals surface area contributed by atoms with Crippen LogP contribution in [0.3, 0.4) is 0 Å². The van der Waals surface area contributed by atoms with E-state index in [2.05, 4.69) is 5.32 Å². The minimum Gasteiger partial charge on any atom is -0.481 e. The Morgan fingerprint density at radius 3 is 2.23 bits per heavy atom. The molecule has 0 saturated heterocycles. The van der Waals surface area contributed by atoms with Gasteiger partial charge in [-0.1, -0.05) is 46.0 Å². The first-order chi connectivity index (χ1) is 10.4. The molecular formula is C17H31NO4. The molecule has 1 aliphatic rings. The molecule has 0 heterocycles. The van der Waals surface area contributed by atoms with Crippen molar-refractivity contribution in [1.29, 1.82) is 0 Å². The smallest absolute Gasteiger partial charge is 0.308 e. The van der Waals surface area contributed by atoms with Gasteiger partial charge in [-0.3, -0.25) is 9.59 Å². The third kappa shape index (κ3) is 5.95. The van der Waals surface area contributed by atoms with Crippen LogP contribution in [0.1, 0.15) is 78.1 Å². The predicted molar refractivity (Wildman–Crippen MR) is 85.5 cm³/mol. The minimum atomic E-state index is -0.961. The van der Waals surface area contributed by atoms with Gasteiger partial charge in [-0.15, -0.1) is 0 Å². The molecule has 0 aliphatic heterocycles. The largest absolute Gasteiger partial charge is 0.481 e. The van der Waals surface area contributed by atoms with E-state index in [-0.39, 0.29) is 18.4 Å². The Morgan fingerprint density at radius 1 is 1.09 bits per heavy atom. The number of rotatable bonds is 8. The summed E-state index contributed by atoms with van der Waals surface area (Å²) in [6.45, 7) is 3.98. The summed E-state index contributed by atoms with van der Waals surface area (Å²) in [4.78, 5) is 23.7. The highest BCUT2D eigenvalue weighted by molar-refractivity contribution is 5.79. The monoisotopic (exact) mass is 313 g/mol. The van der Waals surface area contributed by atoms with Crippen molar-refractivity contribution in [2.75, 3.05) is 0 Å². The fourth-order valence-corrected chi connectivity index (χ4v) is 3.57. The van der Waals surface area contributed by atoms with Gasteiger partial charge in [0.1, 0.15) is 0 Å². The average Bonchev–Trinajstić information content (AvgIpc) is 2.64. The van der Waals surface area contributed by atoms with Crippen LogP contribution in [0.5, 0.6) is 0 Å². The molecule has 0 aromatic heterocycles. The van der Waals surface area contributed by atoms with Gasteiger partial charge < -0.3 is 15.5 Å². The molecule has 0 aromatic carbocycles. The molecule has 22 heavy (non-hydrogen) atoms. The van der Waals surface area contributed by atoms with Gasteiger partial charge in [0.25, 0.3) is 0 Å². The zero-order valence-electron chi connectivity index (χ0n) is 13.9. The highest BCUT2D eigenvalue weighted by Gasteiger charge is 2.33. The van der Waals surface area contributed by atoms with E-state index in [0.717, 1.165) is 32.1 Å². The van der Waals surface area contributed by atoms with E-state index in [1.165, 1.54) is 0 Å². The molecule has 128 valence electrons. The third-order valence-electron chi connectivity index (χ3n) is 4.60. The van der Waals surface area contributed by atoms with E-state index >= 15 is 0 Å². The summed E-state index contributed by atoms with van der Waals surface area (Å²) in [5.74, 6) is -1.55. The Kier molecular flexibility index (Phi) is 7.87. The molecule has 2 atom stereocenters. The number of carbonyl (C=O) groups excluding carboxylic acids is 1. The minimum absolute atomic E-state index is 0.0670. The summed E-state index contributed by atoms with van der Waals surface area (Å²) in [5, 5.41) is 22.8. The topological polar surface area (TPSA) is 86.6 Å². The molecule has 0 bridgehead atoms. The maximum atomic E-state index is 12.3. The first-order valence-electron chi connectivity index (χ1n) is 8.66. The van der Waals surface area contributed by atoms with Gasteiger partial charge in [-0.25, -0.2) is 0 Å². The molecular weight excluding hydrogens is 282 g/mol. The second-order valence-electron chi connectivity index (χ2n) is 6.66. The Balaban J connectivity index is 2.65. The Morgan fingerprint density at radius 2 is 1.68 bits per heavy atom. The molecule has 1 saturated carbocycles. The van der Waals surface area contributed by atoms with Crippen molar-refractivity contribution >= 4 is 11.9 Å². The highest BCUT2D eigenvalue weighted by Crippen LogP contribution is 2.26. The van der Waals surface area contributed by atoms with E-state index in [0.29, 0.717) is 25.7 Å². The van der Waals surface area contributed by atoms with Crippen LogP contribution in [0.4, 0.5) is 0 Å². The maximum Gasteiger partial charge on any atom is 0.308 e. The molecule has 5 heteroatoms. The number of aliphatic carboxylic acids is 1. The van der Waals surface area contributed by atoms with E-state index < -0.39 is 17.5 Å². The van der Waals surface area contributed by atoms with Crippen molar-refractivity contribution < 1.29 is 19.8 Å². The fraction of sp³-hybridized carbons (Fsp3) is 0.882. The van der Waals surface area contributed by atoms with Crippen molar-refractivity contribution in [2.24, 2.45) is 5.92 Å². The molecule has 1 aliphatic carbocycles. The van der Waals surface area contributed by atoms with E-state index in [1.54, 1.807) is 0 Å². The van der Waals surface area contributed by atoms with Gasteiger partial charge >= 0.3 is 5.97 Å². The first-order valence-corrected chi connectivity index (χ1v) is 8.66. The second-order valence-corrected chi connectivity index (χ2v) is 6.66. The van der Waals surface area contributed by atoms with Crippen LogP contribution in [-0.4, -0.2) is 33.7 Å². The number of carboxylic acid groups (broad SMARTS) is 1. The van der Waals surface area contributed by atoms with Crippen LogP contribution in [0, 0.1) is 5.92 Å². The summed E-state index contributed by atoms with van der Waals surface area (Å²) >= 11 is 0. The number of aliphatic hydroxyl groups is 1. The van der Waals surface area contributed by atoms with Crippen molar-refractivity contribution in [3.05, 3.63) is 0 Å². The van der Waals surface area contributed by atoms with Crippen LogP contribution in [0.2, 0.25) is 0 Å². The zero-order chi connectivity index (χ0) is 16.6. The van der Waals surface area contributed by atoms with Crippen LogP contribution >= 0.6 is 0 Å². The summed E-state index contributed by atoms with van der Waals surface area (Å²) < 4.78 is 0. The average molecular weight is 313 g/mol. The zero-order valence-corrected chi connectivity index (χ0v) is 13.9. The molecule has 0 aromatic rings. The first kappa shape index (κ1) is 18.9. The molecule has 0 spiro atoms. The van der Waals surface area contributed by atoms with Gasteiger partial charge in [0.05, 0.1) is 17.9 Å². The van der Waals surface area contributed by atoms with Crippen LogP contribution in [0.25, 0.3) is 0 Å². The molecule has 1 amide bonds. The molecule has 5 nitrogen and oxygen atoms in total. The van der Waals surface area contributed by atoms with Gasteiger partial charge in [-0.2, -0.15) is 0 Å². The Hall–Kier alpha value is -1.10. The van der Waals surface area contributed by atoms with Gasteiger partial charge in [0, 0.05) is 6.04 Å². The van der Waals surface area contributed by atoms with Crippen molar-refractivity contribution in [3.8, 4) is 0 Å². The van der Waals surface area contributed by atoms with Crippen molar-refractivity contribution in [1.82, 2.24) is 5.32 Å². The lowest BCUT2D eigenvalue weighted by atomic mass is 9.88. The summed E-state index contributed by atoms with van der Waals surface area (Å²) in [6.07, 6.45) is 7.11. The number of hydrogen-bond acceptors (Lipinski definition) is 3. The predicted octanol–water partition coefficient (Wildman–Crippen LogP) is 2.86. The Bertz CT molecular complexity index is 364. The number of amides is 1. The fourth-order valence-electron chi connectivity index (χ4n) is 3.57. The highest BCUT2D eigenvalue weighted by atomic mass is 16.4. The van der Waals surface area contributed by atoms with Crippen molar-refractivity contribution in [2.45, 2.75) is 89.7 Å². The number of hydrogen-bond donors (Lipinski definition) is 3. The van der Waals surface area contributed by atoms with Crippen molar-refractivity contribution in [3.63, 3.8) is 0 Å². The summed E-state index contributed by atoms with van der Waals surface area (Å²) in [6, 6.07) is -0.306. The number of carboxylic acids is 1. The maximum absolute atomic E-state index is 12.3. The van der Waals surface area contributed by atoms with E-state index in [4.69, 9.17) is 0 Å². The Labute approximate surface area is 133 Å². The second kappa shape index (κ2) is 9.13. The lowest BCUT2D eigenvalue weighted by Crippen LogP contribution is -2.45. The van der Waals surface area contributed by atoms with Gasteiger partial charge in [0.15, 0.2) is 0 Å². The lowest BCUT2D eigenvalue weighted by Gasteiger charge is -2.29. The number of carbonyl (C=O) groups is 2. The van der Waals surface area contributed by atoms with Gasteiger partial charge in [0.2, 0.25) is 5.91 Å². The summed E-state index contributed by atoms with van der Waals surface area (Å²) in [7, 11) is 0. The molecule has 0 unspecified atom stereocenters. The normalized spacial score (nSPS) is 22.9. The van der Waals surface area contributed by atoms with Gasteiger partial charge in [-0.05, 0) is 25.7 Å². The van der Waals surface area contributed by atoms with E-state index in [9.17, 15) is 19.8 Å². The SMILES string of the molecule is CCCC(O)(CCC)CC(=O)N[C@H]1CCCCC[C@H]1C(=O)O. The van der Waals surface area contributed by atoms with Crippen LogP contribution < -0.4 is 5.32 Å². The van der Waals surface area contributed by atoms with E-state index in [1.807, 2.05) is 13.8 Å². The molecule has 3 N–H and O–H groups in total. The van der Waals surface area contributed by atoms with Crippen LogP contribution in [0.15, 0.2) is 0 Å².